The fraction of sp³-hybridized carbons (Fsp3) is 0.353. The molecule has 1 amide bonds. The normalized spacial score (nSPS) is 13.4. The van der Waals surface area contributed by atoms with Crippen molar-refractivity contribution >= 4 is 16.8 Å². The second kappa shape index (κ2) is 5.42. The van der Waals surface area contributed by atoms with Crippen LogP contribution >= 0.6 is 0 Å². The third-order valence-electron chi connectivity index (χ3n) is 3.76. The number of aryl methyl sites for hydroxylation is 2. The summed E-state index contributed by atoms with van der Waals surface area (Å²) in [5.74, 6) is 6.04. The minimum Gasteiger partial charge on any atom is -0.358 e. The van der Waals surface area contributed by atoms with Gasteiger partial charge in [-0.3, -0.25) is 4.79 Å². The average molecular weight is 266 g/mol. The molecule has 1 aliphatic rings. The van der Waals surface area contributed by atoms with Gasteiger partial charge in [0.2, 0.25) is 5.91 Å². The molecule has 1 aromatic carbocycles. The van der Waals surface area contributed by atoms with Gasteiger partial charge in [0.25, 0.3) is 0 Å². The molecule has 0 spiro atoms. The SMILES string of the molecule is CC(=O)NCC#Cc1ccc2[nH]c3c(c2c1)CCCC3. The number of hydrogen-bond donors (Lipinski definition) is 2. The van der Waals surface area contributed by atoms with Crippen molar-refractivity contribution < 1.29 is 4.79 Å². The molecule has 0 radical (unpaired) electrons. The first-order valence-electron chi connectivity index (χ1n) is 7.11. The summed E-state index contributed by atoms with van der Waals surface area (Å²) in [5, 5.41) is 3.99. The maximum atomic E-state index is 10.8. The molecular weight excluding hydrogens is 248 g/mol. The van der Waals surface area contributed by atoms with Gasteiger partial charge in [0.15, 0.2) is 0 Å². The maximum absolute atomic E-state index is 10.8. The Morgan fingerprint density at radius 1 is 1.35 bits per heavy atom. The number of aromatic nitrogens is 1. The smallest absolute Gasteiger partial charge is 0.217 e. The second-order valence-corrected chi connectivity index (χ2v) is 5.26. The van der Waals surface area contributed by atoms with Gasteiger partial charge in [-0.05, 0) is 49.4 Å². The van der Waals surface area contributed by atoms with Crippen LogP contribution in [0, 0.1) is 11.8 Å². The van der Waals surface area contributed by atoms with Crippen LogP contribution < -0.4 is 5.32 Å². The van der Waals surface area contributed by atoms with Gasteiger partial charge in [-0.2, -0.15) is 0 Å². The van der Waals surface area contributed by atoms with E-state index in [4.69, 9.17) is 0 Å². The summed E-state index contributed by atoms with van der Waals surface area (Å²) in [5.41, 5.74) is 5.09. The Balaban J connectivity index is 1.88. The van der Waals surface area contributed by atoms with Crippen molar-refractivity contribution in [3.05, 3.63) is 35.0 Å². The van der Waals surface area contributed by atoms with Gasteiger partial charge in [0.1, 0.15) is 0 Å². The van der Waals surface area contributed by atoms with E-state index in [9.17, 15) is 4.79 Å². The van der Waals surface area contributed by atoms with Crippen LogP contribution in [-0.2, 0) is 17.6 Å². The standard InChI is InChI=1S/C17H18N2O/c1-12(20)18-10-4-5-13-8-9-17-15(11-13)14-6-2-3-7-16(14)19-17/h8-9,11,19H,2-3,6-7,10H2,1H3,(H,18,20). The fourth-order valence-electron chi connectivity index (χ4n) is 2.80. The van der Waals surface area contributed by atoms with Crippen LogP contribution in [0.25, 0.3) is 10.9 Å². The maximum Gasteiger partial charge on any atom is 0.217 e. The van der Waals surface area contributed by atoms with Gasteiger partial charge in [-0.1, -0.05) is 11.8 Å². The average Bonchev–Trinajstić information content (AvgIpc) is 2.81. The summed E-state index contributed by atoms with van der Waals surface area (Å²) >= 11 is 0. The van der Waals surface area contributed by atoms with Crippen molar-refractivity contribution in [1.82, 2.24) is 10.3 Å². The highest BCUT2D eigenvalue weighted by atomic mass is 16.1. The molecule has 1 aromatic heterocycles. The molecule has 1 aliphatic carbocycles. The van der Waals surface area contributed by atoms with Crippen LogP contribution in [0.4, 0.5) is 0 Å². The van der Waals surface area contributed by atoms with E-state index in [0.29, 0.717) is 6.54 Å². The van der Waals surface area contributed by atoms with E-state index >= 15 is 0 Å². The predicted molar refractivity (Wildman–Crippen MR) is 80.5 cm³/mol. The fourth-order valence-corrected chi connectivity index (χ4v) is 2.80. The lowest BCUT2D eigenvalue weighted by atomic mass is 9.95. The summed E-state index contributed by atoms with van der Waals surface area (Å²) in [7, 11) is 0. The number of fused-ring (bicyclic) bond motifs is 3. The Morgan fingerprint density at radius 3 is 3.05 bits per heavy atom. The summed E-state index contributed by atoms with van der Waals surface area (Å²) < 4.78 is 0. The van der Waals surface area contributed by atoms with Crippen molar-refractivity contribution in [1.29, 1.82) is 0 Å². The van der Waals surface area contributed by atoms with Gasteiger partial charge in [0, 0.05) is 29.1 Å². The molecule has 102 valence electrons. The van der Waals surface area contributed by atoms with E-state index in [1.807, 2.05) is 6.07 Å². The molecular formula is C17H18N2O. The highest BCUT2D eigenvalue weighted by Gasteiger charge is 2.14. The van der Waals surface area contributed by atoms with Gasteiger partial charge in [-0.15, -0.1) is 0 Å². The highest BCUT2D eigenvalue weighted by Crippen LogP contribution is 2.29. The first-order chi connectivity index (χ1) is 9.74. The van der Waals surface area contributed by atoms with Crippen LogP contribution in [0.5, 0.6) is 0 Å². The van der Waals surface area contributed by atoms with E-state index in [0.717, 1.165) is 18.4 Å². The summed E-state index contributed by atoms with van der Waals surface area (Å²) in [6, 6.07) is 6.30. The first kappa shape index (κ1) is 12.8. The Hall–Kier alpha value is -2.21. The number of aromatic amines is 1. The van der Waals surface area contributed by atoms with Crippen molar-refractivity contribution in [2.75, 3.05) is 6.54 Å². The van der Waals surface area contributed by atoms with E-state index < -0.39 is 0 Å². The van der Waals surface area contributed by atoms with Crippen LogP contribution in [-0.4, -0.2) is 17.4 Å². The number of hydrogen-bond acceptors (Lipinski definition) is 1. The van der Waals surface area contributed by atoms with Crippen LogP contribution in [0.2, 0.25) is 0 Å². The zero-order valence-electron chi connectivity index (χ0n) is 11.7. The zero-order chi connectivity index (χ0) is 13.9. The summed E-state index contributed by atoms with van der Waals surface area (Å²) in [4.78, 5) is 14.3. The molecule has 0 bridgehead atoms. The number of amides is 1. The molecule has 0 saturated carbocycles. The Labute approximate surface area is 118 Å². The molecule has 2 aromatic rings. The number of nitrogens with one attached hydrogen (secondary N) is 2. The van der Waals surface area contributed by atoms with Crippen molar-refractivity contribution in [2.45, 2.75) is 32.6 Å². The minimum atomic E-state index is -0.0468. The molecule has 0 fully saturated rings. The van der Waals surface area contributed by atoms with Gasteiger partial charge in [-0.25, -0.2) is 0 Å². The van der Waals surface area contributed by atoms with E-state index in [-0.39, 0.29) is 5.91 Å². The van der Waals surface area contributed by atoms with Crippen molar-refractivity contribution in [3.8, 4) is 11.8 Å². The molecule has 0 atom stereocenters. The molecule has 1 heterocycles. The number of benzene rings is 1. The Kier molecular flexibility index (Phi) is 3.47. The summed E-state index contributed by atoms with van der Waals surface area (Å²) in [6.45, 7) is 1.90. The topological polar surface area (TPSA) is 44.9 Å². The predicted octanol–water partition coefficient (Wildman–Crippen LogP) is 2.53. The molecule has 0 unspecified atom stereocenters. The van der Waals surface area contributed by atoms with Gasteiger partial charge >= 0.3 is 0 Å². The quantitative estimate of drug-likeness (QED) is 0.765. The third kappa shape index (κ3) is 2.55. The lowest BCUT2D eigenvalue weighted by Gasteiger charge is -2.10. The lowest BCUT2D eigenvalue weighted by molar-refractivity contribution is -0.118. The van der Waals surface area contributed by atoms with E-state index in [1.165, 1.54) is 41.9 Å². The largest absolute Gasteiger partial charge is 0.358 e. The molecule has 0 aliphatic heterocycles. The monoisotopic (exact) mass is 266 g/mol. The first-order valence-corrected chi connectivity index (χ1v) is 7.11. The number of H-pyrrole nitrogens is 1. The van der Waals surface area contributed by atoms with Gasteiger partial charge in [0.05, 0.1) is 6.54 Å². The third-order valence-corrected chi connectivity index (χ3v) is 3.76. The molecule has 2 N–H and O–H groups in total. The lowest BCUT2D eigenvalue weighted by Crippen LogP contribution is -2.19. The van der Waals surface area contributed by atoms with Gasteiger partial charge < -0.3 is 10.3 Å². The molecule has 3 heteroatoms. The van der Waals surface area contributed by atoms with Crippen molar-refractivity contribution in [2.24, 2.45) is 0 Å². The van der Waals surface area contributed by atoms with E-state index in [1.54, 1.807) is 0 Å². The Morgan fingerprint density at radius 2 is 2.20 bits per heavy atom. The number of carbonyl (C=O) groups excluding carboxylic acids is 1. The number of carbonyl (C=O) groups is 1. The van der Waals surface area contributed by atoms with Crippen LogP contribution in [0.1, 0.15) is 36.6 Å². The molecule has 20 heavy (non-hydrogen) atoms. The highest BCUT2D eigenvalue weighted by molar-refractivity contribution is 5.86. The Bertz CT molecular complexity index is 716. The second-order valence-electron chi connectivity index (χ2n) is 5.26. The van der Waals surface area contributed by atoms with Crippen LogP contribution in [0.3, 0.4) is 0 Å². The van der Waals surface area contributed by atoms with Crippen LogP contribution in [0.15, 0.2) is 18.2 Å². The zero-order valence-corrected chi connectivity index (χ0v) is 11.7. The molecule has 3 nitrogen and oxygen atoms in total. The summed E-state index contributed by atoms with van der Waals surface area (Å²) in [6.07, 6.45) is 4.88. The minimum absolute atomic E-state index is 0.0468. The number of rotatable bonds is 1. The molecule has 3 rings (SSSR count). The molecule has 0 saturated heterocycles. The van der Waals surface area contributed by atoms with E-state index in [2.05, 4.69) is 34.3 Å². The van der Waals surface area contributed by atoms with Crippen molar-refractivity contribution in [3.63, 3.8) is 0 Å².